The van der Waals surface area contributed by atoms with E-state index in [1.165, 1.54) is 116 Å². The van der Waals surface area contributed by atoms with Gasteiger partial charge in [-0.25, -0.2) is 0 Å². The van der Waals surface area contributed by atoms with E-state index in [9.17, 15) is 0 Å². The molecule has 4 radical (unpaired) electrons. The average molecular weight is 630 g/mol. The molecule has 0 heterocycles. The van der Waals surface area contributed by atoms with Gasteiger partial charge >= 0.3 is 214 Å². The Morgan fingerprint density at radius 3 is 0.767 bits per heavy atom. The molecule has 2 heteroatoms. The normalized spacial score (nSPS) is 12.9. The van der Waals surface area contributed by atoms with Gasteiger partial charge in [-0.1, -0.05) is 0 Å². The van der Waals surface area contributed by atoms with Gasteiger partial charge in [-0.3, -0.25) is 0 Å². The third-order valence-corrected chi connectivity index (χ3v) is 19.3. The SMILES string of the molecule is CCCC[C](CCCC)(CCCC)[Sn][CH]=[CH][Sn][C](CCCC)(CCCC)CCCC. The van der Waals surface area contributed by atoms with Crippen LogP contribution in [0.1, 0.15) is 157 Å². The summed E-state index contributed by atoms with van der Waals surface area (Å²) in [7, 11) is 0. The van der Waals surface area contributed by atoms with Crippen molar-refractivity contribution in [2.75, 3.05) is 0 Å². The van der Waals surface area contributed by atoms with E-state index in [0.717, 1.165) is 6.86 Å². The second-order valence-corrected chi connectivity index (χ2v) is 19.4. The van der Waals surface area contributed by atoms with E-state index in [0.29, 0.717) is 0 Å². The minimum atomic E-state index is -0.439. The van der Waals surface area contributed by atoms with Crippen molar-refractivity contribution in [3.63, 3.8) is 0 Å². The van der Waals surface area contributed by atoms with Crippen molar-refractivity contribution in [2.45, 2.75) is 164 Å². The van der Waals surface area contributed by atoms with Crippen LogP contribution in [0.5, 0.6) is 0 Å². The summed E-state index contributed by atoms with van der Waals surface area (Å²) in [5.74, 6) is 0. The van der Waals surface area contributed by atoms with Crippen LogP contribution in [-0.4, -0.2) is 42.3 Å². The molecule has 0 saturated heterocycles. The first-order valence-corrected chi connectivity index (χ1v) is 19.9. The van der Waals surface area contributed by atoms with Gasteiger partial charge in [-0.05, 0) is 0 Å². The Hall–Kier alpha value is 1.34. The molecule has 0 rings (SSSR count). The molecule has 0 aliphatic carbocycles. The van der Waals surface area contributed by atoms with Crippen molar-refractivity contribution in [3.8, 4) is 0 Å². The molecule has 30 heavy (non-hydrogen) atoms. The van der Waals surface area contributed by atoms with E-state index in [1.54, 1.807) is 0 Å². The fourth-order valence-electron chi connectivity index (χ4n) is 4.71. The molecule has 0 aromatic heterocycles. The predicted molar refractivity (Wildman–Crippen MR) is 143 cm³/mol. The summed E-state index contributed by atoms with van der Waals surface area (Å²) in [5, 5.41) is 0. The summed E-state index contributed by atoms with van der Waals surface area (Å²) in [5.41, 5.74) is 0. The average Bonchev–Trinajstić information content (AvgIpc) is 2.77. The van der Waals surface area contributed by atoms with Crippen molar-refractivity contribution in [3.05, 3.63) is 8.18 Å². The molecule has 0 saturated carbocycles. The van der Waals surface area contributed by atoms with Gasteiger partial charge in [0, 0.05) is 0 Å². The van der Waals surface area contributed by atoms with Crippen LogP contribution in [0.15, 0.2) is 8.18 Å². The fourth-order valence-corrected chi connectivity index (χ4v) is 15.9. The Labute approximate surface area is 213 Å². The molecule has 0 fully saturated rings. The van der Waals surface area contributed by atoms with Crippen LogP contribution in [-0.2, 0) is 0 Å². The van der Waals surface area contributed by atoms with E-state index in [4.69, 9.17) is 0 Å². The van der Waals surface area contributed by atoms with Gasteiger partial charge in [0.05, 0.1) is 0 Å². The standard InChI is InChI=1S/2C13H27.C2H2.2Sn/c2*1-4-7-10-13(11-8-5-2)12-9-6-3;1-2;;/h2*4-12H2,1-3H3;1-2H;;. The van der Waals surface area contributed by atoms with Gasteiger partial charge in [0.2, 0.25) is 0 Å². The van der Waals surface area contributed by atoms with Gasteiger partial charge in [-0.2, -0.15) is 0 Å². The number of hydrogen-bond acceptors (Lipinski definition) is 0. The van der Waals surface area contributed by atoms with Crippen LogP contribution >= 0.6 is 0 Å². The molecule has 0 bridgehead atoms. The summed E-state index contributed by atoms with van der Waals surface area (Å²) in [6.45, 7) is 14.4. The van der Waals surface area contributed by atoms with Crippen molar-refractivity contribution in [1.82, 2.24) is 0 Å². The summed E-state index contributed by atoms with van der Waals surface area (Å²) in [6.07, 6.45) is 26.3. The summed E-state index contributed by atoms with van der Waals surface area (Å²) >= 11 is -0.878. The van der Waals surface area contributed by atoms with Crippen LogP contribution in [0.3, 0.4) is 0 Å². The Morgan fingerprint density at radius 1 is 0.400 bits per heavy atom. The van der Waals surface area contributed by atoms with E-state index >= 15 is 0 Å². The Bertz CT molecular complexity index is 309. The zero-order valence-electron chi connectivity index (χ0n) is 21.9. The molecule has 0 aromatic rings. The molecule has 0 aromatic carbocycles. The number of unbranched alkanes of at least 4 members (excludes halogenated alkanes) is 6. The van der Waals surface area contributed by atoms with E-state index in [1.807, 2.05) is 0 Å². The monoisotopic (exact) mass is 632 g/mol. The molecule has 0 aliphatic heterocycles. The second-order valence-electron chi connectivity index (χ2n) is 9.80. The topological polar surface area (TPSA) is 0 Å². The fraction of sp³-hybridized carbons (Fsp3) is 0.929. The van der Waals surface area contributed by atoms with Crippen molar-refractivity contribution in [2.24, 2.45) is 0 Å². The van der Waals surface area contributed by atoms with Crippen LogP contribution in [0.2, 0.25) is 6.86 Å². The Kier molecular flexibility index (Phi) is 21.8. The minimum absolute atomic E-state index is 0.439. The van der Waals surface area contributed by atoms with Crippen molar-refractivity contribution < 1.29 is 0 Å². The third-order valence-electron chi connectivity index (χ3n) is 6.92. The number of hydrogen-bond donors (Lipinski definition) is 0. The van der Waals surface area contributed by atoms with Gasteiger partial charge in [0.25, 0.3) is 0 Å². The molecule has 0 N–H and O–H groups in total. The van der Waals surface area contributed by atoms with Crippen molar-refractivity contribution >= 4 is 42.3 Å². The molecule has 0 amide bonds. The second kappa shape index (κ2) is 20.9. The van der Waals surface area contributed by atoms with Crippen molar-refractivity contribution in [1.29, 1.82) is 0 Å². The van der Waals surface area contributed by atoms with Gasteiger partial charge in [-0.15, -0.1) is 0 Å². The third kappa shape index (κ3) is 14.5. The summed E-state index contributed by atoms with van der Waals surface area (Å²) in [4.78, 5) is 0. The van der Waals surface area contributed by atoms with Crippen LogP contribution in [0.4, 0.5) is 0 Å². The molecular formula is C28H56Sn2. The Balaban J connectivity index is 5.27. The maximum atomic E-state index is 2.88. The quantitative estimate of drug-likeness (QED) is 0.105. The molecule has 0 spiro atoms. The molecular weight excluding hydrogens is 574 g/mol. The first-order valence-electron chi connectivity index (χ1n) is 13.8. The molecule has 0 nitrogen and oxygen atoms in total. The Morgan fingerprint density at radius 2 is 0.600 bits per heavy atom. The molecule has 0 atom stereocenters. The summed E-state index contributed by atoms with van der Waals surface area (Å²) < 4.78 is 7.32. The summed E-state index contributed by atoms with van der Waals surface area (Å²) in [6, 6.07) is 0. The first-order chi connectivity index (χ1) is 14.6. The van der Waals surface area contributed by atoms with E-state index in [2.05, 4.69) is 49.7 Å². The van der Waals surface area contributed by atoms with Gasteiger partial charge in [0.1, 0.15) is 0 Å². The molecule has 176 valence electrons. The van der Waals surface area contributed by atoms with E-state index < -0.39 is 42.3 Å². The van der Waals surface area contributed by atoms with E-state index in [-0.39, 0.29) is 0 Å². The number of rotatable bonds is 22. The molecule has 0 aliphatic rings. The van der Waals surface area contributed by atoms with Crippen LogP contribution in [0, 0.1) is 0 Å². The van der Waals surface area contributed by atoms with Gasteiger partial charge in [0.15, 0.2) is 0 Å². The maximum absolute atomic E-state index is 2.88. The molecule has 0 unspecified atom stereocenters. The zero-order chi connectivity index (χ0) is 22.6. The first kappa shape index (κ1) is 31.3. The zero-order valence-corrected chi connectivity index (χ0v) is 27.6. The van der Waals surface area contributed by atoms with Crippen LogP contribution in [0.25, 0.3) is 0 Å². The predicted octanol–water partition coefficient (Wildman–Crippen LogP) is 10.3. The van der Waals surface area contributed by atoms with Crippen LogP contribution < -0.4 is 0 Å². The van der Waals surface area contributed by atoms with Gasteiger partial charge < -0.3 is 0 Å².